The highest BCUT2D eigenvalue weighted by molar-refractivity contribution is 5.80. The summed E-state index contributed by atoms with van der Waals surface area (Å²) < 4.78 is 43.3. The molecule has 0 aromatic heterocycles. The number of benzene rings is 2. The predicted octanol–water partition coefficient (Wildman–Crippen LogP) is 6.19. The van der Waals surface area contributed by atoms with Crippen molar-refractivity contribution in [3.63, 3.8) is 0 Å². The average Bonchev–Trinajstić information content (AvgIpc) is 3.38. The summed E-state index contributed by atoms with van der Waals surface area (Å²) in [5.74, 6) is -1.55. The summed E-state index contributed by atoms with van der Waals surface area (Å²) >= 11 is 0. The van der Waals surface area contributed by atoms with E-state index in [1.54, 1.807) is 12.1 Å². The Kier molecular flexibility index (Phi) is 39.9. The van der Waals surface area contributed by atoms with E-state index < -0.39 is 18.1 Å². The molecule has 0 spiro atoms. The van der Waals surface area contributed by atoms with Crippen LogP contribution >= 0.6 is 0 Å². The second-order valence-corrected chi connectivity index (χ2v) is 17.0. The first-order chi connectivity index (χ1) is 35.2. The van der Waals surface area contributed by atoms with Gasteiger partial charge < -0.3 is 64.3 Å². The van der Waals surface area contributed by atoms with Gasteiger partial charge in [0.1, 0.15) is 19.3 Å². The van der Waals surface area contributed by atoms with E-state index in [0.717, 1.165) is 49.7 Å². The molecule has 406 valence electrons. The lowest BCUT2D eigenvalue weighted by Crippen LogP contribution is -2.41. The molecule has 72 heavy (non-hydrogen) atoms. The van der Waals surface area contributed by atoms with E-state index in [9.17, 15) is 33.9 Å². The summed E-state index contributed by atoms with van der Waals surface area (Å²) in [6.07, 6.45) is 12.8. The molecule has 0 aliphatic carbocycles. The van der Waals surface area contributed by atoms with Gasteiger partial charge in [0, 0.05) is 45.3 Å². The molecule has 0 saturated carbocycles. The Balaban J connectivity index is 1.22. The van der Waals surface area contributed by atoms with Gasteiger partial charge in [-0.1, -0.05) is 112 Å². The van der Waals surface area contributed by atoms with Crippen LogP contribution in [0.1, 0.15) is 120 Å². The van der Waals surface area contributed by atoms with Crippen molar-refractivity contribution in [1.82, 2.24) is 21.3 Å². The molecule has 1 atom stereocenters. The maximum Gasteiger partial charge on any atom is 0.408 e. The number of carboxylic acid groups (broad SMARTS) is 1. The van der Waals surface area contributed by atoms with Gasteiger partial charge in [0.25, 0.3) is 0 Å². The van der Waals surface area contributed by atoms with E-state index in [1.807, 2.05) is 48.5 Å². The van der Waals surface area contributed by atoms with Gasteiger partial charge in [-0.15, -0.1) is 0 Å². The maximum absolute atomic E-state index is 12.1. The average molecular weight is 1020 g/mol. The number of hydrogen-bond acceptors (Lipinski definition) is 14. The number of ether oxygens (including phenoxy) is 8. The SMILES string of the molecule is O=C(CCCCCCCCCCCCC(=O)OCc1ccccc1)NCCOCCOCCOCCC(=O)NCCOCCOCCOCCC(=O)NCCCC[C@H](NC(=O)OCc1ccccc1)C(=O)O. The van der Waals surface area contributed by atoms with Crippen molar-refractivity contribution in [3.8, 4) is 0 Å². The highest BCUT2D eigenvalue weighted by Gasteiger charge is 2.20. The van der Waals surface area contributed by atoms with Gasteiger partial charge in [-0.05, 0) is 43.2 Å². The van der Waals surface area contributed by atoms with Crippen LogP contribution in [0.5, 0.6) is 0 Å². The van der Waals surface area contributed by atoms with Crippen molar-refractivity contribution in [3.05, 3.63) is 71.8 Å². The van der Waals surface area contributed by atoms with Crippen LogP contribution in [-0.4, -0.2) is 146 Å². The number of alkyl carbamates (subject to hydrolysis) is 1. The molecular formula is C53H84N4O15. The molecule has 0 bridgehead atoms. The largest absolute Gasteiger partial charge is 0.480 e. The Morgan fingerprint density at radius 2 is 0.792 bits per heavy atom. The van der Waals surface area contributed by atoms with Gasteiger partial charge in [0.2, 0.25) is 17.7 Å². The van der Waals surface area contributed by atoms with Crippen molar-refractivity contribution in [2.75, 3.05) is 98.9 Å². The maximum atomic E-state index is 12.1. The Morgan fingerprint density at radius 3 is 1.26 bits per heavy atom. The minimum Gasteiger partial charge on any atom is -0.480 e. The van der Waals surface area contributed by atoms with E-state index in [4.69, 9.17) is 37.9 Å². The molecule has 2 rings (SSSR count). The van der Waals surface area contributed by atoms with E-state index in [-0.39, 0.29) is 62.8 Å². The number of carbonyl (C=O) groups excluding carboxylic acids is 5. The Hall–Kier alpha value is -5.18. The first kappa shape index (κ1) is 62.9. The van der Waals surface area contributed by atoms with Crippen LogP contribution in [0.2, 0.25) is 0 Å². The first-order valence-electron chi connectivity index (χ1n) is 25.9. The lowest BCUT2D eigenvalue weighted by Gasteiger charge is -2.14. The number of aliphatic carboxylic acids is 1. The van der Waals surface area contributed by atoms with Gasteiger partial charge in [-0.3, -0.25) is 19.2 Å². The molecule has 0 unspecified atom stereocenters. The zero-order valence-corrected chi connectivity index (χ0v) is 42.6. The zero-order chi connectivity index (χ0) is 51.8. The van der Waals surface area contributed by atoms with Crippen LogP contribution in [0.15, 0.2) is 60.7 Å². The van der Waals surface area contributed by atoms with Crippen LogP contribution in [-0.2, 0) is 75.1 Å². The van der Waals surface area contributed by atoms with Crippen LogP contribution < -0.4 is 21.3 Å². The Bertz CT molecular complexity index is 1690. The number of amides is 4. The zero-order valence-electron chi connectivity index (χ0n) is 42.6. The number of esters is 1. The number of nitrogens with one attached hydrogen (secondary N) is 4. The molecule has 0 aliphatic heterocycles. The molecule has 4 amide bonds. The van der Waals surface area contributed by atoms with Crippen LogP contribution in [0.4, 0.5) is 4.79 Å². The molecule has 19 nitrogen and oxygen atoms in total. The fourth-order valence-corrected chi connectivity index (χ4v) is 6.85. The number of unbranched alkanes of at least 4 members (excludes halogenated alkanes) is 10. The number of carbonyl (C=O) groups is 6. The summed E-state index contributed by atoms with van der Waals surface area (Å²) in [5, 5.41) is 20.2. The molecule has 2 aromatic carbocycles. The number of hydrogen-bond donors (Lipinski definition) is 5. The van der Waals surface area contributed by atoms with E-state index in [0.29, 0.717) is 118 Å². The second kappa shape index (κ2) is 45.7. The van der Waals surface area contributed by atoms with Crippen LogP contribution in [0, 0.1) is 0 Å². The summed E-state index contributed by atoms with van der Waals surface area (Å²) in [6.45, 7) is 5.80. The molecule has 0 radical (unpaired) electrons. The lowest BCUT2D eigenvalue weighted by atomic mass is 10.1. The molecule has 0 fully saturated rings. The van der Waals surface area contributed by atoms with E-state index in [1.165, 1.54) is 25.7 Å². The molecule has 2 aromatic rings. The summed E-state index contributed by atoms with van der Waals surface area (Å²) in [6, 6.07) is 17.7. The fraction of sp³-hybridized carbons (Fsp3) is 0.660. The molecule has 0 aliphatic rings. The standard InChI is InChI=1S/C53H84N4O15/c58-48(24-15-7-5-3-1-2-4-6-8-16-25-51(61)71-43-45-19-11-9-12-20-45)55-29-33-67-37-41-70-40-36-66-32-27-50(60)56-30-34-68-38-42-69-39-35-65-31-26-49(59)54-28-18-17-23-47(52(62)63)57-53(64)72-44-46-21-13-10-14-22-46/h9-14,19-22,47H,1-8,15-18,23-44H2,(H,54,59)(H,55,58)(H,56,60)(H,57,64)(H,62,63)/t47-/m0/s1. The minimum atomic E-state index is -1.15. The van der Waals surface area contributed by atoms with Gasteiger partial charge >= 0.3 is 18.0 Å². The van der Waals surface area contributed by atoms with Crippen molar-refractivity contribution < 1.29 is 71.8 Å². The van der Waals surface area contributed by atoms with E-state index >= 15 is 0 Å². The van der Waals surface area contributed by atoms with Crippen molar-refractivity contribution >= 4 is 35.8 Å². The molecule has 0 saturated heterocycles. The van der Waals surface area contributed by atoms with E-state index in [2.05, 4.69) is 21.3 Å². The van der Waals surface area contributed by atoms with Gasteiger partial charge in [-0.2, -0.15) is 0 Å². The van der Waals surface area contributed by atoms with Crippen LogP contribution in [0.3, 0.4) is 0 Å². The molecule has 19 heteroatoms. The number of carboxylic acids is 1. The minimum absolute atomic E-state index is 0.0399. The normalized spacial score (nSPS) is 11.4. The van der Waals surface area contributed by atoms with Gasteiger partial charge in [-0.25, -0.2) is 9.59 Å². The number of rotatable bonds is 48. The monoisotopic (exact) mass is 1020 g/mol. The highest BCUT2D eigenvalue weighted by Crippen LogP contribution is 2.13. The van der Waals surface area contributed by atoms with Crippen molar-refractivity contribution in [2.24, 2.45) is 0 Å². The van der Waals surface area contributed by atoms with Gasteiger partial charge in [0.15, 0.2) is 0 Å². The van der Waals surface area contributed by atoms with Crippen LogP contribution in [0.25, 0.3) is 0 Å². The Labute approximate surface area is 426 Å². The van der Waals surface area contributed by atoms with Gasteiger partial charge in [0.05, 0.1) is 79.3 Å². The third-order valence-corrected chi connectivity index (χ3v) is 10.9. The quantitative estimate of drug-likeness (QED) is 0.0367. The fourth-order valence-electron chi connectivity index (χ4n) is 6.85. The molecular weight excluding hydrogens is 933 g/mol. The highest BCUT2D eigenvalue weighted by atomic mass is 16.6. The summed E-state index contributed by atoms with van der Waals surface area (Å²) in [7, 11) is 0. The summed E-state index contributed by atoms with van der Waals surface area (Å²) in [5.41, 5.74) is 1.80. The topological polar surface area (TPSA) is 245 Å². The first-order valence-corrected chi connectivity index (χ1v) is 25.9. The smallest absolute Gasteiger partial charge is 0.408 e. The Morgan fingerprint density at radius 1 is 0.403 bits per heavy atom. The molecule has 0 heterocycles. The third kappa shape index (κ3) is 39.4. The predicted molar refractivity (Wildman–Crippen MR) is 270 cm³/mol. The van der Waals surface area contributed by atoms with Crippen molar-refractivity contribution in [2.45, 2.75) is 128 Å². The lowest BCUT2D eigenvalue weighted by molar-refractivity contribution is -0.145. The molecule has 5 N–H and O–H groups in total. The second-order valence-electron chi connectivity index (χ2n) is 17.0. The van der Waals surface area contributed by atoms with Crippen molar-refractivity contribution in [1.29, 1.82) is 0 Å². The summed E-state index contributed by atoms with van der Waals surface area (Å²) in [4.78, 5) is 71.6. The third-order valence-electron chi connectivity index (χ3n) is 10.9.